The Hall–Kier alpha value is -2.45. The molecule has 0 bridgehead atoms. The van der Waals surface area contributed by atoms with Gasteiger partial charge < -0.3 is 15.0 Å². The van der Waals surface area contributed by atoms with Crippen molar-refractivity contribution >= 4 is 6.03 Å². The molecule has 1 fully saturated rings. The third-order valence-corrected chi connectivity index (χ3v) is 5.17. The number of urea groups is 1. The molecule has 1 N–H and O–H groups in total. The summed E-state index contributed by atoms with van der Waals surface area (Å²) in [4.78, 5) is 21.5. The Morgan fingerprint density at radius 1 is 1.26 bits per heavy atom. The molecule has 0 aromatic carbocycles. The van der Waals surface area contributed by atoms with Gasteiger partial charge in [-0.25, -0.2) is 4.79 Å². The van der Waals surface area contributed by atoms with E-state index in [1.807, 2.05) is 40.8 Å². The summed E-state index contributed by atoms with van der Waals surface area (Å²) in [6.45, 7) is 7.65. The molecule has 4 heterocycles. The maximum Gasteiger partial charge on any atom is 0.317 e. The molecular formula is C19H26N6O2. The lowest BCUT2D eigenvalue weighted by atomic mass is 10.1. The lowest BCUT2D eigenvalue weighted by molar-refractivity contribution is 0.0155. The molecule has 27 heavy (non-hydrogen) atoms. The third-order valence-electron chi connectivity index (χ3n) is 5.17. The number of pyridine rings is 1. The van der Waals surface area contributed by atoms with E-state index < -0.39 is 0 Å². The van der Waals surface area contributed by atoms with Crippen molar-refractivity contribution in [2.45, 2.75) is 26.1 Å². The Kier molecular flexibility index (Phi) is 5.35. The topological polar surface area (TPSA) is 75.5 Å². The third kappa shape index (κ3) is 4.12. The van der Waals surface area contributed by atoms with Crippen LogP contribution in [0.1, 0.15) is 23.1 Å². The molecule has 2 aromatic rings. The van der Waals surface area contributed by atoms with Gasteiger partial charge in [0.1, 0.15) is 0 Å². The molecule has 0 spiro atoms. The fourth-order valence-electron chi connectivity index (χ4n) is 3.76. The molecule has 2 aliphatic heterocycles. The van der Waals surface area contributed by atoms with Crippen molar-refractivity contribution < 1.29 is 9.53 Å². The Balaban J connectivity index is 1.40. The maximum atomic E-state index is 12.8. The first-order valence-electron chi connectivity index (χ1n) is 9.49. The number of nitrogens with zero attached hydrogens (tertiary/aromatic N) is 5. The van der Waals surface area contributed by atoms with Crippen LogP contribution in [0.5, 0.6) is 0 Å². The van der Waals surface area contributed by atoms with Crippen LogP contribution in [0.25, 0.3) is 0 Å². The molecule has 2 aliphatic rings. The Labute approximate surface area is 159 Å². The first kappa shape index (κ1) is 17.9. The summed E-state index contributed by atoms with van der Waals surface area (Å²) in [5.74, 6) is 0. The quantitative estimate of drug-likeness (QED) is 0.875. The van der Waals surface area contributed by atoms with Crippen LogP contribution < -0.4 is 5.32 Å². The van der Waals surface area contributed by atoms with Crippen molar-refractivity contribution in [3.8, 4) is 0 Å². The monoisotopic (exact) mass is 370 g/mol. The predicted octanol–water partition coefficient (Wildman–Crippen LogP) is 1.19. The highest BCUT2D eigenvalue weighted by Gasteiger charge is 2.26. The number of hydrogen-bond donors (Lipinski definition) is 1. The Morgan fingerprint density at radius 3 is 2.89 bits per heavy atom. The summed E-state index contributed by atoms with van der Waals surface area (Å²) < 4.78 is 7.47. The fourth-order valence-corrected chi connectivity index (χ4v) is 3.76. The zero-order chi connectivity index (χ0) is 18.6. The van der Waals surface area contributed by atoms with E-state index in [0.717, 1.165) is 36.7 Å². The van der Waals surface area contributed by atoms with Gasteiger partial charge in [-0.1, -0.05) is 6.07 Å². The van der Waals surface area contributed by atoms with Gasteiger partial charge in [-0.15, -0.1) is 0 Å². The first-order valence-corrected chi connectivity index (χ1v) is 9.49. The number of ether oxygens (including phenoxy) is 1. The molecule has 4 rings (SSSR count). The number of nitrogens with one attached hydrogen (secondary N) is 1. The van der Waals surface area contributed by atoms with E-state index in [1.54, 1.807) is 6.20 Å². The summed E-state index contributed by atoms with van der Waals surface area (Å²) in [5, 5.41) is 7.57. The van der Waals surface area contributed by atoms with E-state index in [9.17, 15) is 4.79 Å². The van der Waals surface area contributed by atoms with Crippen molar-refractivity contribution in [3.63, 3.8) is 0 Å². The number of aryl methyl sites for hydroxylation is 1. The second-order valence-electron chi connectivity index (χ2n) is 7.03. The van der Waals surface area contributed by atoms with Gasteiger partial charge in [-0.2, -0.15) is 5.10 Å². The van der Waals surface area contributed by atoms with Crippen LogP contribution in [-0.2, 0) is 17.8 Å². The summed E-state index contributed by atoms with van der Waals surface area (Å²) in [6, 6.07) is 7.99. The van der Waals surface area contributed by atoms with Gasteiger partial charge in [0.05, 0.1) is 49.4 Å². The molecule has 0 aliphatic carbocycles. The number of morpholine rings is 1. The number of hydrogen-bond acceptors (Lipinski definition) is 5. The molecule has 1 atom stereocenters. The normalized spacial score (nSPS) is 18.8. The minimum Gasteiger partial charge on any atom is -0.379 e. The molecule has 1 saturated heterocycles. The van der Waals surface area contributed by atoms with Gasteiger partial charge >= 0.3 is 6.03 Å². The van der Waals surface area contributed by atoms with Crippen LogP contribution in [0.3, 0.4) is 0 Å². The van der Waals surface area contributed by atoms with Crippen LogP contribution in [0.15, 0.2) is 30.5 Å². The Morgan fingerprint density at radius 2 is 2.11 bits per heavy atom. The SMILES string of the molecule is Cc1cc2n(n1)CCN(C(=O)NCC(c1ccccn1)N1CCOCC1)C2. The molecule has 0 saturated carbocycles. The zero-order valence-corrected chi connectivity index (χ0v) is 15.7. The maximum absolute atomic E-state index is 12.8. The highest BCUT2D eigenvalue weighted by atomic mass is 16.5. The summed E-state index contributed by atoms with van der Waals surface area (Å²) in [5.41, 5.74) is 3.06. The zero-order valence-electron chi connectivity index (χ0n) is 15.7. The summed E-state index contributed by atoms with van der Waals surface area (Å²) in [7, 11) is 0. The highest BCUT2D eigenvalue weighted by Crippen LogP contribution is 2.20. The number of aromatic nitrogens is 3. The standard InChI is InChI=1S/C19H26N6O2/c1-15-12-16-14-24(6-7-25(16)22-15)19(26)21-13-18(17-4-2-3-5-20-17)23-8-10-27-11-9-23/h2-5,12,18H,6-11,13-14H2,1H3,(H,21,26). The number of rotatable bonds is 4. The molecule has 2 aromatic heterocycles. The van der Waals surface area contributed by atoms with Crippen molar-refractivity contribution in [3.05, 3.63) is 47.5 Å². The van der Waals surface area contributed by atoms with Gasteiger partial charge in [0.25, 0.3) is 0 Å². The van der Waals surface area contributed by atoms with Crippen LogP contribution >= 0.6 is 0 Å². The fraction of sp³-hybridized carbons (Fsp3) is 0.526. The first-order chi connectivity index (χ1) is 13.2. The molecule has 144 valence electrons. The number of amides is 2. The van der Waals surface area contributed by atoms with Crippen molar-refractivity contribution in [1.82, 2.24) is 29.9 Å². The second kappa shape index (κ2) is 8.06. The van der Waals surface area contributed by atoms with Gasteiger partial charge in [0, 0.05) is 32.4 Å². The van der Waals surface area contributed by atoms with Gasteiger partial charge in [-0.05, 0) is 25.1 Å². The van der Waals surface area contributed by atoms with Gasteiger partial charge in [0.2, 0.25) is 0 Å². The van der Waals surface area contributed by atoms with E-state index in [1.165, 1.54) is 0 Å². The minimum absolute atomic E-state index is 0.0331. The smallest absolute Gasteiger partial charge is 0.317 e. The average molecular weight is 370 g/mol. The van der Waals surface area contributed by atoms with Crippen LogP contribution in [0.2, 0.25) is 0 Å². The van der Waals surface area contributed by atoms with Crippen LogP contribution in [0, 0.1) is 6.92 Å². The molecule has 0 radical (unpaired) electrons. The number of carbonyl (C=O) groups excluding carboxylic acids is 1. The highest BCUT2D eigenvalue weighted by molar-refractivity contribution is 5.74. The van der Waals surface area contributed by atoms with Crippen molar-refractivity contribution in [2.24, 2.45) is 0 Å². The van der Waals surface area contributed by atoms with Gasteiger partial charge in [-0.3, -0.25) is 14.6 Å². The molecule has 8 heteroatoms. The molecule has 2 amide bonds. The van der Waals surface area contributed by atoms with E-state index in [0.29, 0.717) is 32.8 Å². The Bertz CT molecular complexity index is 772. The molecule has 1 unspecified atom stereocenters. The lowest BCUT2D eigenvalue weighted by Crippen LogP contribution is -2.48. The van der Waals surface area contributed by atoms with Gasteiger partial charge in [0.15, 0.2) is 0 Å². The van der Waals surface area contributed by atoms with Crippen LogP contribution in [-0.4, -0.2) is 70.0 Å². The van der Waals surface area contributed by atoms with Crippen LogP contribution in [0.4, 0.5) is 4.79 Å². The summed E-state index contributed by atoms with van der Waals surface area (Å²) >= 11 is 0. The number of carbonyl (C=O) groups is 1. The lowest BCUT2D eigenvalue weighted by Gasteiger charge is -2.35. The largest absolute Gasteiger partial charge is 0.379 e. The van der Waals surface area contributed by atoms with E-state index >= 15 is 0 Å². The predicted molar refractivity (Wildman–Crippen MR) is 100 cm³/mol. The number of fused-ring (bicyclic) bond motifs is 1. The molecule has 8 nitrogen and oxygen atoms in total. The second-order valence-corrected chi connectivity index (χ2v) is 7.03. The van der Waals surface area contributed by atoms with Crippen molar-refractivity contribution in [1.29, 1.82) is 0 Å². The van der Waals surface area contributed by atoms with E-state index in [4.69, 9.17) is 4.74 Å². The van der Waals surface area contributed by atoms with E-state index in [-0.39, 0.29) is 12.1 Å². The molecular weight excluding hydrogens is 344 g/mol. The summed E-state index contributed by atoms with van der Waals surface area (Å²) in [6.07, 6.45) is 1.80. The van der Waals surface area contributed by atoms with Crippen molar-refractivity contribution in [2.75, 3.05) is 39.4 Å². The average Bonchev–Trinajstić information content (AvgIpc) is 3.09. The van der Waals surface area contributed by atoms with E-state index in [2.05, 4.69) is 20.3 Å². The minimum atomic E-state index is -0.0331.